The number of ether oxygens (including phenoxy) is 2. The molecule has 1 heterocycles. The highest BCUT2D eigenvalue weighted by Gasteiger charge is 2.37. The lowest BCUT2D eigenvalue weighted by atomic mass is 10.0. The molecule has 0 radical (unpaired) electrons. The molecule has 4 rings (SSSR count). The number of rotatable bonds is 8. The van der Waals surface area contributed by atoms with Crippen LogP contribution in [0.1, 0.15) is 49.7 Å². The summed E-state index contributed by atoms with van der Waals surface area (Å²) in [5.74, 6) is 1.94. The fourth-order valence-corrected chi connectivity index (χ4v) is 5.06. The fourth-order valence-electron chi connectivity index (χ4n) is 5.06. The molecule has 1 aliphatic heterocycles. The van der Waals surface area contributed by atoms with E-state index in [2.05, 4.69) is 30.0 Å². The van der Waals surface area contributed by atoms with Crippen LogP contribution in [0.15, 0.2) is 23.9 Å². The minimum absolute atomic E-state index is 0.352. The maximum atomic E-state index is 13.2. The predicted octanol–water partition coefficient (Wildman–Crippen LogP) is 0.745. The number of benzene rings is 1. The van der Waals surface area contributed by atoms with Crippen LogP contribution in [-0.4, -0.2) is 63.8 Å². The molecule has 0 atom stereocenters. The molecule has 2 aliphatic carbocycles. The van der Waals surface area contributed by atoms with Gasteiger partial charge >= 0.3 is 0 Å². The lowest BCUT2D eigenvalue weighted by Gasteiger charge is -2.32. The smallest absolute Gasteiger partial charge is 0.282 e. The van der Waals surface area contributed by atoms with E-state index in [1.165, 1.54) is 47.4 Å². The van der Waals surface area contributed by atoms with E-state index >= 15 is 0 Å². The molecule has 170 valence electrons. The first-order chi connectivity index (χ1) is 15.1. The van der Waals surface area contributed by atoms with Crippen LogP contribution in [0.25, 0.3) is 0 Å². The monoisotopic (exact) mass is 429 g/mol. The topological polar surface area (TPSA) is 47.7 Å². The molecule has 1 saturated heterocycles. The van der Waals surface area contributed by atoms with E-state index in [0.29, 0.717) is 18.5 Å². The Kier molecular flexibility index (Phi) is 7.18. The van der Waals surface area contributed by atoms with Crippen molar-refractivity contribution in [1.82, 2.24) is 4.90 Å². The van der Waals surface area contributed by atoms with Crippen LogP contribution in [0.3, 0.4) is 0 Å². The Bertz CT molecular complexity index is 810. The van der Waals surface area contributed by atoms with Crippen LogP contribution in [0.4, 0.5) is 0 Å². The van der Waals surface area contributed by atoms with Crippen LogP contribution in [-0.2, 0) is 11.3 Å². The molecule has 2 fully saturated rings. The summed E-state index contributed by atoms with van der Waals surface area (Å²) in [5.41, 5.74) is 3.87. The van der Waals surface area contributed by atoms with Gasteiger partial charge in [-0.2, -0.15) is 0 Å². The van der Waals surface area contributed by atoms with Crippen molar-refractivity contribution in [1.29, 1.82) is 0 Å². The number of aryl methyl sites for hydroxylation is 1. The van der Waals surface area contributed by atoms with Gasteiger partial charge in [0.05, 0.1) is 14.2 Å². The summed E-state index contributed by atoms with van der Waals surface area (Å²) < 4.78 is 10.9. The predicted molar refractivity (Wildman–Crippen MR) is 121 cm³/mol. The van der Waals surface area contributed by atoms with Crippen LogP contribution in [0, 0.1) is 6.92 Å². The normalized spacial score (nSPS) is 23.8. The minimum Gasteiger partial charge on any atom is -0.493 e. The molecule has 0 spiro atoms. The molecule has 6 heteroatoms. The number of piperazine rings is 1. The Balaban J connectivity index is 1.31. The molecule has 0 bridgehead atoms. The third kappa shape index (κ3) is 5.42. The lowest BCUT2D eigenvalue weighted by Crippen LogP contribution is -3.28. The largest absolute Gasteiger partial charge is 0.493 e. The van der Waals surface area contributed by atoms with E-state index < -0.39 is 0 Å². The molecule has 1 saturated carbocycles. The number of hydrogen-bond donors (Lipinski definition) is 2. The number of methoxy groups -OCH3 is 2. The average Bonchev–Trinajstić information content (AvgIpc) is 3.62. The average molecular weight is 430 g/mol. The first-order valence-electron chi connectivity index (χ1n) is 12.0. The summed E-state index contributed by atoms with van der Waals surface area (Å²) in [4.78, 5) is 18.4. The Morgan fingerprint density at radius 1 is 1.03 bits per heavy atom. The Hall–Kier alpha value is -2.05. The number of amides is 1. The highest BCUT2D eigenvalue weighted by molar-refractivity contribution is 5.79. The zero-order valence-corrected chi connectivity index (χ0v) is 19.5. The molecular formula is C25H39N3O3+2. The van der Waals surface area contributed by atoms with Crippen LogP contribution >= 0.6 is 0 Å². The zero-order chi connectivity index (χ0) is 21.8. The van der Waals surface area contributed by atoms with Gasteiger partial charge in [-0.25, -0.2) is 0 Å². The number of carbonyl (C=O) groups excluding carboxylic acids is 1. The minimum atomic E-state index is 0.352. The SMILES string of the molecule is COc1cc(C)c(C[NH+]2CC[NH+](CC(=O)N(C3=CCCCC3)C3CC3)CC2)cc1OC. The van der Waals surface area contributed by atoms with Gasteiger partial charge < -0.3 is 24.2 Å². The van der Waals surface area contributed by atoms with Crippen molar-refractivity contribution in [3.05, 3.63) is 35.0 Å². The van der Waals surface area contributed by atoms with Crippen molar-refractivity contribution in [3.8, 4) is 11.5 Å². The highest BCUT2D eigenvalue weighted by atomic mass is 16.5. The number of quaternary nitrogens is 2. The molecule has 0 unspecified atom stereocenters. The van der Waals surface area contributed by atoms with Gasteiger partial charge in [0.2, 0.25) is 0 Å². The first-order valence-corrected chi connectivity index (χ1v) is 12.0. The second-order valence-electron chi connectivity index (χ2n) is 9.42. The van der Waals surface area contributed by atoms with Gasteiger partial charge in [-0.1, -0.05) is 6.08 Å². The maximum Gasteiger partial charge on any atom is 0.282 e. The lowest BCUT2D eigenvalue weighted by molar-refractivity contribution is -1.02. The third-order valence-electron chi connectivity index (χ3n) is 7.11. The summed E-state index contributed by atoms with van der Waals surface area (Å²) in [5, 5.41) is 0. The molecule has 2 N–H and O–H groups in total. The van der Waals surface area contributed by atoms with E-state index in [1.807, 2.05) is 0 Å². The Morgan fingerprint density at radius 3 is 2.32 bits per heavy atom. The van der Waals surface area contributed by atoms with Crippen LogP contribution < -0.4 is 19.3 Å². The summed E-state index contributed by atoms with van der Waals surface area (Å²) in [6, 6.07) is 4.67. The molecule has 1 amide bonds. The number of allylic oxidation sites excluding steroid dienone is 2. The van der Waals surface area contributed by atoms with E-state index in [4.69, 9.17) is 9.47 Å². The second kappa shape index (κ2) is 10.0. The second-order valence-corrected chi connectivity index (χ2v) is 9.42. The number of carbonyl (C=O) groups is 1. The van der Waals surface area contributed by atoms with Gasteiger partial charge in [0, 0.05) is 17.3 Å². The van der Waals surface area contributed by atoms with Crippen molar-refractivity contribution in [2.75, 3.05) is 46.9 Å². The molecule has 1 aromatic carbocycles. The number of nitrogens with one attached hydrogen (secondary N) is 2. The quantitative estimate of drug-likeness (QED) is 0.641. The number of hydrogen-bond acceptors (Lipinski definition) is 3. The van der Waals surface area contributed by atoms with Gasteiger partial charge in [0.15, 0.2) is 18.0 Å². The van der Waals surface area contributed by atoms with E-state index in [0.717, 1.165) is 57.1 Å². The molecule has 0 aromatic heterocycles. The van der Waals surface area contributed by atoms with Crippen molar-refractivity contribution in [3.63, 3.8) is 0 Å². The maximum absolute atomic E-state index is 13.2. The third-order valence-corrected chi connectivity index (χ3v) is 7.11. The standard InChI is InChI=1S/C25H37N3O3/c1-19-15-23(30-2)24(31-3)16-20(19)17-26-11-13-27(14-12-26)18-25(29)28(22-9-10-22)21-7-5-4-6-8-21/h7,15-16,22H,4-6,8-14,17-18H2,1-3H3/p+2. The van der Waals surface area contributed by atoms with Crippen LogP contribution in [0.2, 0.25) is 0 Å². The van der Waals surface area contributed by atoms with Crippen molar-refractivity contribution in [2.24, 2.45) is 0 Å². The Labute approximate surface area is 186 Å². The molecule has 3 aliphatic rings. The first kappa shape index (κ1) is 22.2. The Morgan fingerprint density at radius 2 is 1.71 bits per heavy atom. The van der Waals surface area contributed by atoms with E-state index in [1.54, 1.807) is 19.1 Å². The summed E-state index contributed by atoms with van der Waals surface area (Å²) >= 11 is 0. The van der Waals surface area contributed by atoms with Crippen molar-refractivity contribution >= 4 is 5.91 Å². The summed E-state index contributed by atoms with van der Waals surface area (Å²) in [6.45, 7) is 8.11. The van der Waals surface area contributed by atoms with E-state index in [-0.39, 0.29) is 0 Å². The molecular weight excluding hydrogens is 390 g/mol. The van der Waals surface area contributed by atoms with E-state index in [9.17, 15) is 4.79 Å². The van der Waals surface area contributed by atoms with Gasteiger partial charge in [-0.05, 0) is 63.1 Å². The van der Waals surface area contributed by atoms with Gasteiger partial charge in [-0.15, -0.1) is 0 Å². The fraction of sp³-hybridized carbons (Fsp3) is 0.640. The number of nitrogens with zero attached hydrogens (tertiary/aromatic N) is 1. The molecule has 31 heavy (non-hydrogen) atoms. The van der Waals surface area contributed by atoms with Crippen molar-refractivity contribution in [2.45, 2.75) is 58.0 Å². The van der Waals surface area contributed by atoms with Crippen molar-refractivity contribution < 1.29 is 24.1 Å². The van der Waals surface area contributed by atoms with Gasteiger partial charge in [-0.3, -0.25) is 4.79 Å². The summed E-state index contributed by atoms with van der Waals surface area (Å²) in [7, 11) is 3.37. The summed E-state index contributed by atoms with van der Waals surface area (Å²) in [6.07, 6.45) is 9.40. The zero-order valence-electron chi connectivity index (χ0n) is 19.5. The molecule has 6 nitrogen and oxygen atoms in total. The van der Waals surface area contributed by atoms with Crippen LogP contribution in [0.5, 0.6) is 11.5 Å². The molecule has 1 aromatic rings. The highest BCUT2D eigenvalue weighted by Crippen LogP contribution is 2.33. The van der Waals surface area contributed by atoms with Gasteiger partial charge in [0.1, 0.15) is 32.7 Å². The van der Waals surface area contributed by atoms with Gasteiger partial charge in [0.25, 0.3) is 5.91 Å².